The first kappa shape index (κ1) is 18.2. The average molecular weight is 365 g/mol. The second-order valence-corrected chi connectivity index (χ2v) is 6.09. The van der Waals surface area contributed by atoms with Gasteiger partial charge in [0.15, 0.2) is 0 Å². The summed E-state index contributed by atoms with van der Waals surface area (Å²) in [4.78, 5) is 35.2. The van der Waals surface area contributed by atoms with Crippen molar-refractivity contribution in [1.82, 2.24) is 5.32 Å². The van der Waals surface area contributed by atoms with Gasteiger partial charge in [0.05, 0.1) is 6.54 Å². The lowest BCUT2D eigenvalue weighted by Gasteiger charge is -2.10. The molecule has 2 aromatic carbocycles. The van der Waals surface area contributed by atoms with Crippen molar-refractivity contribution >= 4 is 40.1 Å². The molecule has 0 radical (unpaired) electrons. The molecule has 27 heavy (non-hydrogen) atoms. The Bertz CT molecular complexity index is 956. The van der Waals surface area contributed by atoms with Crippen molar-refractivity contribution in [1.29, 1.82) is 0 Å². The molecule has 0 fully saturated rings. The van der Waals surface area contributed by atoms with Crippen molar-refractivity contribution in [3.05, 3.63) is 59.9 Å². The molecular formula is C20H19N3O4. The van der Waals surface area contributed by atoms with Gasteiger partial charge in [-0.15, -0.1) is 0 Å². The Kier molecular flexibility index (Phi) is 5.21. The van der Waals surface area contributed by atoms with E-state index < -0.39 is 0 Å². The van der Waals surface area contributed by atoms with Crippen LogP contribution < -0.4 is 16.0 Å². The summed E-state index contributed by atoms with van der Waals surface area (Å²) in [5.41, 5.74) is 1.90. The van der Waals surface area contributed by atoms with Gasteiger partial charge in [-0.05, 0) is 30.3 Å². The van der Waals surface area contributed by atoms with Gasteiger partial charge in [0.2, 0.25) is 11.8 Å². The molecule has 0 spiro atoms. The first-order valence-corrected chi connectivity index (χ1v) is 8.36. The fourth-order valence-electron chi connectivity index (χ4n) is 2.70. The number of anilines is 2. The van der Waals surface area contributed by atoms with Crippen LogP contribution in [0.4, 0.5) is 11.4 Å². The fraction of sp³-hybridized carbons (Fsp3) is 0.150. The number of benzene rings is 2. The van der Waals surface area contributed by atoms with E-state index in [-0.39, 0.29) is 24.3 Å². The van der Waals surface area contributed by atoms with Crippen LogP contribution in [0.2, 0.25) is 0 Å². The topological polar surface area (TPSA) is 100 Å². The Balaban J connectivity index is 1.77. The molecule has 0 saturated heterocycles. The molecule has 0 saturated carbocycles. The zero-order valence-corrected chi connectivity index (χ0v) is 15.0. The van der Waals surface area contributed by atoms with Gasteiger partial charge >= 0.3 is 0 Å². The third-order valence-electron chi connectivity index (χ3n) is 3.74. The largest absolute Gasteiger partial charge is 0.459 e. The van der Waals surface area contributed by atoms with Crippen LogP contribution in [0.3, 0.4) is 0 Å². The molecule has 3 N–H and O–H groups in total. The number of fused-ring (bicyclic) bond motifs is 1. The SMILES string of the molecule is CC(=O)Nc1cc(NC(C)=O)cc(C(=O)NCc2cc3ccccc3o2)c1. The summed E-state index contributed by atoms with van der Waals surface area (Å²) in [6.45, 7) is 2.95. The minimum Gasteiger partial charge on any atom is -0.459 e. The number of furan rings is 1. The molecular weight excluding hydrogens is 346 g/mol. The first-order valence-electron chi connectivity index (χ1n) is 8.36. The molecule has 1 aromatic heterocycles. The molecule has 0 unspecified atom stereocenters. The van der Waals surface area contributed by atoms with Crippen LogP contribution >= 0.6 is 0 Å². The predicted molar refractivity (Wildman–Crippen MR) is 102 cm³/mol. The van der Waals surface area contributed by atoms with Gasteiger partial charge < -0.3 is 20.4 Å². The minimum atomic E-state index is -0.353. The first-order chi connectivity index (χ1) is 12.9. The van der Waals surface area contributed by atoms with Crippen molar-refractivity contribution in [3.8, 4) is 0 Å². The number of carbonyl (C=O) groups is 3. The monoisotopic (exact) mass is 365 g/mol. The van der Waals surface area contributed by atoms with E-state index in [0.29, 0.717) is 22.7 Å². The van der Waals surface area contributed by atoms with Crippen molar-refractivity contribution in [2.45, 2.75) is 20.4 Å². The molecule has 3 rings (SSSR count). The molecule has 3 aromatic rings. The van der Waals surface area contributed by atoms with Crippen LogP contribution in [0.15, 0.2) is 52.9 Å². The van der Waals surface area contributed by atoms with Crippen molar-refractivity contribution in [2.24, 2.45) is 0 Å². The number of carbonyl (C=O) groups excluding carboxylic acids is 3. The highest BCUT2D eigenvalue weighted by Crippen LogP contribution is 2.21. The zero-order valence-electron chi connectivity index (χ0n) is 15.0. The summed E-state index contributed by atoms with van der Waals surface area (Å²) in [5.74, 6) is -0.272. The van der Waals surface area contributed by atoms with Crippen LogP contribution in [-0.2, 0) is 16.1 Å². The number of amides is 3. The molecule has 1 heterocycles. The van der Waals surface area contributed by atoms with Gasteiger partial charge in [-0.25, -0.2) is 0 Å². The van der Waals surface area contributed by atoms with E-state index in [0.717, 1.165) is 11.0 Å². The van der Waals surface area contributed by atoms with Gasteiger partial charge in [0.25, 0.3) is 5.91 Å². The zero-order chi connectivity index (χ0) is 19.4. The molecule has 0 atom stereocenters. The van der Waals surface area contributed by atoms with E-state index in [1.165, 1.54) is 13.8 Å². The second-order valence-electron chi connectivity index (χ2n) is 6.09. The summed E-state index contributed by atoms with van der Waals surface area (Å²) < 4.78 is 5.68. The fourth-order valence-corrected chi connectivity index (χ4v) is 2.70. The Morgan fingerprint density at radius 2 is 1.52 bits per heavy atom. The van der Waals surface area contributed by atoms with E-state index in [1.807, 2.05) is 30.3 Å². The second kappa shape index (κ2) is 7.74. The summed E-state index contributed by atoms with van der Waals surface area (Å²) >= 11 is 0. The highest BCUT2D eigenvalue weighted by Gasteiger charge is 2.12. The maximum atomic E-state index is 12.5. The van der Waals surface area contributed by atoms with Crippen LogP contribution in [0, 0.1) is 0 Å². The smallest absolute Gasteiger partial charge is 0.251 e. The standard InChI is InChI=1S/C20H19N3O4/c1-12(24)22-16-7-15(8-17(10-16)23-13(2)25)20(26)21-11-18-9-14-5-3-4-6-19(14)27-18/h3-10H,11H2,1-2H3,(H,21,26)(H,22,24)(H,23,25). The number of hydrogen-bond donors (Lipinski definition) is 3. The van der Waals surface area contributed by atoms with Gasteiger partial charge in [-0.1, -0.05) is 18.2 Å². The minimum absolute atomic E-state index is 0.216. The molecule has 0 aliphatic carbocycles. The Morgan fingerprint density at radius 3 is 2.11 bits per heavy atom. The van der Waals surface area contributed by atoms with Gasteiger partial charge in [0, 0.05) is 36.2 Å². The Labute approximate surface area is 155 Å². The molecule has 0 bridgehead atoms. The van der Waals surface area contributed by atoms with E-state index >= 15 is 0 Å². The number of rotatable bonds is 5. The lowest BCUT2D eigenvalue weighted by Crippen LogP contribution is -2.23. The Morgan fingerprint density at radius 1 is 0.889 bits per heavy atom. The maximum Gasteiger partial charge on any atom is 0.251 e. The van der Waals surface area contributed by atoms with E-state index in [9.17, 15) is 14.4 Å². The molecule has 7 heteroatoms. The van der Waals surface area contributed by atoms with Gasteiger partial charge in [0.1, 0.15) is 11.3 Å². The lowest BCUT2D eigenvalue weighted by molar-refractivity contribution is -0.115. The molecule has 3 amide bonds. The highest BCUT2D eigenvalue weighted by atomic mass is 16.3. The number of hydrogen-bond acceptors (Lipinski definition) is 4. The van der Waals surface area contributed by atoms with Gasteiger partial charge in [-0.2, -0.15) is 0 Å². The molecule has 138 valence electrons. The summed E-state index contributed by atoms with van der Waals surface area (Å²) in [5, 5.41) is 8.97. The van der Waals surface area contributed by atoms with Crippen LogP contribution in [0.1, 0.15) is 30.0 Å². The summed E-state index contributed by atoms with van der Waals surface area (Å²) in [6, 6.07) is 14.1. The maximum absolute atomic E-state index is 12.5. The highest BCUT2D eigenvalue weighted by molar-refractivity contribution is 5.99. The van der Waals surface area contributed by atoms with E-state index in [4.69, 9.17) is 4.42 Å². The number of para-hydroxylation sites is 1. The normalized spacial score (nSPS) is 10.4. The summed E-state index contributed by atoms with van der Waals surface area (Å²) in [6.07, 6.45) is 0. The van der Waals surface area contributed by atoms with Crippen LogP contribution in [0.5, 0.6) is 0 Å². The van der Waals surface area contributed by atoms with E-state index in [2.05, 4.69) is 16.0 Å². The molecule has 0 aliphatic heterocycles. The number of nitrogens with one attached hydrogen (secondary N) is 3. The van der Waals surface area contributed by atoms with Gasteiger partial charge in [-0.3, -0.25) is 14.4 Å². The predicted octanol–water partition coefficient (Wildman–Crippen LogP) is 3.28. The third-order valence-corrected chi connectivity index (χ3v) is 3.74. The molecule has 7 nitrogen and oxygen atoms in total. The quantitative estimate of drug-likeness (QED) is 0.646. The summed E-state index contributed by atoms with van der Waals surface area (Å²) in [7, 11) is 0. The average Bonchev–Trinajstić information content (AvgIpc) is 3.01. The lowest BCUT2D eigenvalue weighted by atomic mass is 10.1. The Hall–Kier alpha value is -3.61. The van der Waals surface area contributed by atoms with Crippen LogP contribution in [0.25, 0.3) is 11.0 Å². The molecule has 0 aliphatic rings. The van der Waals surface area contributed by atoms with Crippen molar-refractivity contribution < 1.29 is 18.8 Å². The van der Waals surface area contributed by atoms with Crippen molar-refractivity contribution in [3.63, 3.8) is 0 Å². The third kappa shape index (κ3) is 4.72. The van der Waals surface area contributed by atoms with Crippen molar-refractivity contribution in [2.75, 3.05) is 10.6 Å². The van der Waals surface area contributed by atoms with Crippen LogP contribution in [-0.4, -0.2) is 17.7 Å². The van der Waals surface area contributed by atoms with E-state index in [1.54, 1.807) is 18.2 Å².